The Labute approximate surface area is 111 Å². The Hall–Kier alpha value is -0.690. The van der Waals surface area contributed by atoms with Gasteiger partial charge in [-0.3, -0.25) is 11.3 Å². The van der Waals surface area contributed by atoms with Gasteiger partial charge < -0.3 is 0 Å². The van der Waals surface area contributed by atoms with Gasteiger partial charge in [0.05, 0.1) is 10.8 Å². The quantitative estimate of drug-likeness (QED) is 0.612. The minimum atomic E-state index is -3.06. The van der Waals surface area contributed by atoms with Gasteiger partial charge in [0.2, 0.25) is 0 Å². The summed E-state index contributed by atoms with van der Waals surface area (Å²) in [5.41, 5.74) is 2.91. The number of nitrogens with one attached hydrogen (secondary N) is 1. The number of rotatable bonds is 6. The predicted molar refractivity (Wildman–Crippen MR) is 70.6 cm³/mol. The Morgan fingerprint density at radius 1 is 1.50 bits per heavy atom. The summed E-state index contributed by atoms with van der Waals surface area (Å²) in [4.78, 5) is 0. The third-order valence-electron chi connectivity index (χ3n) is 2.57. The molecule has 1 unspecified atom stereocenters. The maximum absolute atomic E-state index is 13.7. The summed E-state index contributed by atoms with van der Waals surface area (Å²) < 4.78 is 35.8. The van der Waals surface area contributed by atoms with Crippen molar-refractivity contribution in [3.8, 4) is 0 Å². The molecule has 0 spiro atoms. The fourth-order valence-electron chi connectivity index (χ4n) is 1.57. The smallest absolute Gasteiger partial charge is 0.147 e. The van der Waals surface area contributed by atoms with Crippen LogP contribution in [0.15, 0.2) is 18.2 Å². The monoisotopic (exact) mass is 294 g/mol. The summed E-state index contributed by atoms with van der Waals surface area (Å²) in [6.07, 6.45) is 1.76. The molecule has 0 radical (unpaired) electrons. The highest BCUT2D eigenvalue weighted by Crippen LogP contribution is 2.19. The average Bonchev–Trinajstić information content (AvgIpc) is 2.28. The normalized spacial score (nSPS) is 13.6. The van der Waals surface area contributed by atoms with E-state index in [0.717, 1.165) is 6.26 Å². The summed E-state index contributed by atoms with van der Waals surface area (Å²) in [7, 11) is -3.06. The lowest BCUT2D eigenvalue weighted by atomic mass is 10.0. The number of halogens is 2. The van der Waals surface area contributed by atoms with Crippen molar-refractivity contribution < 1.29 is 12.8 Å². The number of hydrogen-bond donors (Lipinski definition) is 2. The van der Waals surface area contributed by atoms with Crippen molar-refractivity contribution in [3.05, 3.63) is 34.6 Å². The molecule has 0 bridgehead atoms. The SMILES string of the molecule is CS(=O)(=O)CCC(Cc1cccc(Cl)c1F)NN. The second kappa shape index (κ2) is 6.47. The molecule has 7 heteroatoms. The van der Waals surface area contributed by atoms with Crippen molar-refractivity contribution in [3.63, 3.8) is 0 Å². The molecular formula is C11H16ClFN2O2S. The van der Waals surface area contributed by atoms with Crippen LogP contribution in [0.25, 0.3) is 0 Å². The van der Waals surface area contributed by atoms with Gasteiger partial charge in [-0.2, -0.15) is 0 Å². The van der Waals surface area contributed by atoms with Crippen LogP contribution in [0, 0.1) is 5.82 Å². The molecule has 0 aliphatic heterocycles. The van der Waals surface area contributed by atoms with Crippen molar-refractivity contribution in [2.45, 2.75) is 18.9 Å². The second-order valence-corrected chi connectivity index (χ2v) is 6.87. The van der Waals surface area contributed by atoms with E-state index in [1.807, 2.05) is 0 Å². The van der Waals surface area contributed by atoms with Crippen LogP contribution in [-0.2, 0) is 16.3 Å². The molecule has 102 valence electrons. The number of sulfone groups is 1. The van der Waals surface area contributed by atoms with Gasteiger partial charge in [0, 0.05) is 12.3 Å². The van der Waals surface area contributed by atoms with Gasteiger partial charge in [-0.15, -0.1) is 0 Å². The van der Waals surface area contributed by atoms with Gasteiger partial charge in [0.25, 0.3) is 0 Å². The molecule has 1 aromatic rings. The highest BCUT2D eigenvalue weighted by Gasteiger charge is 2.15. The first-order valence-electron chi connectivity index (χ1n) is 5.40. The van der Waals surface area contributed by atoms with Crippen molar-refractivity contribution >= 4 is 21.4 Å². The molecule has 4 nitrogen and oxygen atoms in total. The summed E-state index contributed by atoms with van der Waals surface area (Å²) in [6.45, 7) is 0. The Morgan fingerprint density at radius 3 is 2.72 bits per heavy atom. The van der Waals surface area contributed by atoms with Crippen LogP contribution < -0.4 is 11.3 Å². The highest BCUT2D eigenvalue weighted by molar-refractivity contribution is 7.90. The minimum absolute atomic E-state index is 0.00402. The molecular weight excluding hydrogens is 279 g/mol. The zero-order valence-corrected chi connectivity index (χ0v) is 11.6. The first kappa shape index (κ1) is 15.4. The zero-order chi connectivity index (χ0) is 13.8. The van der Waals surface area contributed by atoms with Crippen LogP contribution in [0.1, 0.15) is 12.0 Å². The molecule has 1 aromatic carbocycles. The van der Waals surface area contributed by atoms with Crippen LogP contribution in [0.2, 0.25) is 5.02 Å². The van der Waals surface area contributed by atoms with Crippen molar-refractivity contribution in [2.75, 3.05) is 12.0 Å². The van der Waals surface area contributed by atoms with Gasteiger partial charge in [0.1, 0.15) is 15.7 Å². The van der Waals surface area contributed by atoms with E-state index >= 15 is 0 Å². The molecule has 0 aliphatic rings. The Bertz CT molecular complexity index is 508. The lowest BCUT2D eigenvalue weighted by Gasteiger charge is -2.16. The standard InChI is InChI=1S/C11H16ClFN2O2S/c1-18(16,17)6-5-9(15-14)7-8-3-2-4-10(12)11(8)13/h2-4,9,15H,5-7,14H2,1H3. The van der Waals surface area contributed by atoms with E-state index in [2.05, 4.69) is 5.43 Å². The van der Waals surface area contributed by atoms with E-state index < -0.39 is 15.7 Å². The minimum Gasteiger partial charge on any atom is -0.271 e. The number of hydrazine groups is 1. The molecule has 0 saturated carbocycles. The van der Waals surface area contributed by atoms with Gasteiger partial charge in [-0.25, -0.2) is 12.8 Å². The molecule has 0 fully saturated rings. The van der Waals surface area contributed by atoms with Gasteiger partial charge in [-0.1, -0.05) is 23.7 Å². The van der Waals surface area contributed by atoms with E-state index in [-0.39, 0.29) is 16.8 Å². The molecule has 0 heterocycles. The molecule has 3 N–H and O–H groups in total. The van der Waals surface area contributed by atoms with E-state index in [1.54, 1.807) is 12.1 Å². The Kier molecular flexibility index (Phi) is 5.52. The van der Waals surface area contributed by atoms with E-state index in [4.69, 9.17) is 17.4 Å². The topological polar surface area (TPSA) is 72.2 Å². The predicted octanol–water partition coefficient (Wildman–Crippen LogP) is 1.29. The lowest BCUT2D eigenvalue weighted by molar-refractivity contribution is 0.494. The summed E-state index contributed by atoms with van der Waals surface area (Å²) >= 11 is 5.67. The van der Waals surface area contributed by atoms with E-state index in [0.29, 0.717) is 18.4 Å². The Balaban J connectivity index is 2.71. The van der Waals surface area contributed by atoms with E-state index in [9.17, 15) is 12.8 Å². The number of benzene rings is 1. The van der Waals surface area contributed by atoms with Gasteiger partial charge in [-0.05, 0) is 24.5 Å². The number of nitrogens with two attached hydrogens (primary N) is 1. The third-order valence-corrected chi connectivity index (χ3v) is 3.84. The van der Waals surface area contributed by atoms with E-state index in [1.165, 1.54) is 6.07 Å². The highest BCUT2D eigenvalue weighted by atomic mass is 35.5. The lowest BCUT2D eigenvalue weighted by Crippen LogP contribution is -2.38. The fourth-order valence-corrected chi connectivity index (χ4v) is 2.48. The van der Waals surface area contributed by atoms with Crippen LogP contribution >= 0.6 is 11.6 Å². The molecule has 1 atom stereocenters. The van der Waals surface area contributed by atoms with Gasteiger partial charge in [0.15, 0.2) is 0 Å². The van der Waals surface area contributed by atoms with Crippen LogP contribution in [0.5, 0.6) is 0 Å². The van der Waals surface area contributed by atoms with Crippen molar-refractivity contribution in [1.29, 1.82) is 0 Å². The van der Waals surface area contributed by atoms with Crippen molar-refractivity contribution in [1.82, 2.24) is 5.43 Å². The largest absolute Gasteiger partial charge is 0.271 e. The van der Waals surface area contributed by atoms with Crippen LogP contribution in [0.4, 0.5) is 4.39 Å². The first-order chi connectivity index (χ1) is 8.33. The third kappa shape index (κ3) is 4.89. The Morgan fingerprint density at radius 2 is 2.17 bits per heavy atom. The fraction of sp³-hybridized carbons (Fsp3) is 0.455. The molecule has 18 heavy (non-hydrogen) atoms. The molecule has 0 saturated heterocycles. The number of hydrogen-bond acceptors (Lipinski definition) is 4. The molecule has 0 aromatic heterocycles. The average molecular weight is 295 g/mol. The molecule has 0 amide bonds. The van der Waals surface area contributed by atoms with Crippen molar-refractivity contribution in [2.24, 2.45) is 5.84 Å². The van der Waals surface area contributed by atoms with Gasteiger partial charge >= 0.3 is 0 Å². The summed E-state index contributed by atoms with van der Waals surface area (Å²) in [5.74, 6) is 4.85. The maximum atomic E-state index is 13.7. The molecule has 0 aliphatic carbocycles. The van der Waals surface area contributed by atoms with Crippen LogP contribution in [-0.4, -0.2) is 26.5 Å². The maximum Gasteiger partial charge on any atom is 0.147 e. The van der Waals surface area contributed by atoms with Crippen LogP contribution in [0.3, 0.4) is 0 Å². The second-order valence-electron chi connectivity index (χ2n) is 4.20. The first-order valence-corrected chi connectivity index (χ1v) is 7.84. The zero-order valence-electron chi connectivity index (χ0n) is 9.99. The summed E-state index contributed by atoms with van der Waals surface area (Å²) in [5, 5.41) is 0.0476. The molecule has 1 rings (SSSR count). The summed E-state index contributed by atoms with van der Waals surface area (Å²) in [6, 6.07) is 4.39.